The summed E-state index contributed by atoms with van der Waals surface area (Å²) < 4.78 is 28.8. The van der Waals surface area contributed by atoms with Crippen LogP contribution in [0.2, 0.25) is 5.02 Å². The van der Waals surface area contributed by atoms with Gasteiger partial charge in [-0.05, 0) is 34.2 Å². The van der Waals surface area contributed by atoms with E-state index in [1.54, 1.807) is 36.5 Å². The normalized spacial score (nSPS) is 10.8. The zero-order valence-electron chi connectivity index (χ0n) is 16.0. The van der Waals surface area contributed by atoms with E-state index in [0.717, 1.165) is 16.3 Å². The maximum Gasteiger partial charge on any atom is 0.221 e. The molecular formula is C20H14ClF2N7O. The summed E-state index contributed by atoms with van der Waals surface area (Å²) in [6, 6.07) is 10.4. The quantitative estimate of drug-likeness (QED) is 0.465. The van der Waals surface area contributed by atoms with Crippen molar-refractivity contribution in [3.63, 3.8) is 0 Å². The second kappa shape index (κ2) is 8.07. The topological polar surface area (TPSA) is 112 Å². The Labute approximate surface area is 179 Å². The number of rotatable bonds is 4. The summed E-state index contributed by atoms with van der Waals surface area (Å²) in [5.74, 6) is -1.74. The van der Waals surface area contributed by atoms with Crippen molar-refractivity contribution in [1.29, 1.82) is 0 Å². The molecule has 0 bridgehead atoms. The van der Waals surface area contributed by atoms with Gasteiger partial charge in [0, 0.05) is 36.5 Å². The van der Waals surface area contributed by atoms with Gasteiger partial charge in [-0.25, -0.2) is 13.8 Å². The molecule has 2 aromatic carbocycles. The van der Waals surface area contributed by atoms with Gasteiger partial charge in [0.25, 0.3) is 0 Å². The lowest BCUT2D eigenvalue weighted by Crippen LogP contribution is -2.05. The highest BCUT2D eigenvalue weighted by Gasteiger charge is 2.20. The number of nitrogens with two attached hydrogens (primary N) is 1. The minimum atomic E-state index is -0.947. The number of carbonyl (C=O) groups excluding carboxylic acids is 1. The number of hydrogen-bond acceptors (Lipinski definition) is 6. The van der Waals surface area contributed by atoms with Gasteiger partial charge < -0.3 is 11.1 Å². The predicted molar refractivity (Wildman–Crippen MR) is 111 cm³/mol. The van der Waals surface area contributed by atoms with Gasteiger partial charge in [0.15, 0.2) is 5.82 Å². The van der Waals surface area contributed by atoms with Crippen molar-refractivity contribution in [2.75, 3.05) is 11.1 Å². The van der Waals surface area contributed by atoms with Crippen molar-refractivity contribution in [3.05, 3.63) is 65.3 Å². The van der Waals surface area contributed by atoms with Crippen LogP contribution in [0.25, 0.3) is 28.2 Å². The van der Waals surface area contributed by atoms with Crippen LogP contribution in [0.4, 0.5) is 20.3 Å². The Morgan fingerprint density at radius 2 is 1.87 bits per heavy atom. The van der Waals surface area contributed by atoms with Crippen LogP contribution in [0, 0.1) is 11.6 Å². The van der Waals surface area contributed by atoms with Crippen molar-refractivity contribution in [3.8, 4) is 28.2 Å². The molecule has 4 aromatic rings. The van der Waals surface area contributed by atoms with Crippen LogP contribution in [0.15, 0.2) is 48.7 Å². The molecule has 2 aromatic heterocycles. The number of amides is 1. The number of nitrogens with zero attached hydrogens (tertiary/aromatic N) is 5. The minimum absolute atomic E-state index is 0.0800. The Kier molecular flexibility index (Phi) is 5.30. The van der Waals surface area contributed by atoms with Crippen molar-refractivity contribution in [2.24, 2.45) is 0 Å². The Morgan fingerprint density at radius 3 is 2.58 bits per heavy atom. The lowest BCUT2D eigenvalue weighted by atomic mass is 10.0. The van der Waals surface area contributed by atoms with Gasteiger partial charge >= 0.3 is 0 Å². The number of nitrogens with one attached hydrogen (secondary N) is 1. The number of halogens is 3. The van der Waals surface area contributed by atoms with Gasteiger partial charge in [0.2, 0.25) is 5.91 Å². The largest absolute Gasteiger partial charge is 0.383 e. The predicted octanol–water partition coefficient (Wildman–Crippen LogP) is 3.86. The molecule has 156 valence electrons. The number of pyridine rings is 1. The first-order valence-electron chi connectivity index (χ1n) is 8.90. The van der Waals surface area contributed by atoms with Crippen LogP contribution < -0.4 is 11.1 Å². The summed E-state index contributed by atoms with van der Waals surface area (Å²) >= 11 is 6.00. The Hall–Kier alpha value is -3.92. The second-order valence-electron chi connectivity index (χ2n) is 6.55. The van der Waals surface area contributed by atoms with Gasteiger partial charge in [-0.1, -0.05) is 23.7 Å². The van der Waals surface area contributed by atoms with E-state index in [4.69, 9.17) is 17.3 Å². The fourth-order valence-corrected chi connectivity index (χ4v) is 3.16. The zero-order valence-corrected chi connectivity index (χ0v) is 16.7. The van der Waals surface area contributed by atoms with E-state index >= 15 is 0 Å². The van der Waals surface area contributed by atoms with Gasteiger partial charge in [-0.15, -0.1) is 5.10 Å². The minimum Gasteiger partial charge on any atom is -0.383 e. The molecule has 4 rings (SSSR count). The van der Waals surface area contributed by atoms with Crippen LogP contribution >= 0.6 is 11.6 Å². The van der Waals surface area contributed by atoms with Crippen LogP contribution in [-0.4, -0.2) is 31.1 Å². The molecule has 0 aliphatic rings. The third-order valence-electron chi connectivity index (χ3n) is 4.37. The summed E-state index contributed by atoms with van der Waals surface area (Å²) in [7, 11) is 0. The Bertz CT molecular complexity index is 1290. The average Bonchev–Trinajstić information content (AvgIpc) is 3.20. The molecule has 11 heteroatoms. The summed E-state index contributed by atoms with van der Waals surface area (Å²) in [6.45, 7) is 1.42. The molecule has 0 radical (unpaired) electrons. The molecule has 1 amide bonds. The third kappa shape index (κ3) is 4.05. The highest BCUT2D eigenvalue weighted by atomic mass is 35.5. The lowest BCUT2D eigenvalue weighted by molar-refractivity contribution is -0.114. The molecule has 31 heavy (non-hydrogen) atoms. The highest BCUT2D eigenvalue weighted by molar-refractivity contribution is 6.32. The molecule has 0 aliphatic carbocycles. The third-order valence-corrected chi connectivity index (χ3v) is 4.74. The number of anilines is 2. The fourth-order valence-electron chi connectivity index (χ4n) is 2.98. The number of carbonyl (C=O) groups is 1. The molecule has 8 nitrogen and oxygen atoms in total. The highest BCUT2D eigenvalue weighted by Crippen LogP contribution is 2.32. The molecule has 0 fully saturated rings. The first-order chi connectivity index (χ1) is 14.8. The molecule has 0 atom stereocenters. The summed E-state index contributed by atoms with van der Waals surface area (Å²) in [5.41, 5.74) is 8.41. The standard InChI is InChI=1S/C20H14ClF2N7O/c1-10(31)26-14-4-2-11(3-5-14)12-6-15(19(24)25-9-12)20-27-28-29-30(20)17-8-13(22)7-16(23)18(17)21/h2-9H,1H3,(H2,24,25)(H,26,31). The van der Waals surface area contributed by atoms with E-state index in [1.165, 1.54) is 6.92 Å². The zero-order chi connectivity index (χ0) is 22.1. The SMILES string of the molecule is CC(=O)Nc1ccc(-c2cnc(N)c(-c3nnnn3-c3cc(F)cc(F)c3Cl)c2)cc1. The first-order valence-corrected chi connectivity index (χ1v) is 9.28. The van der Waals surface area contributed by atoms with Crippen LogP contribution in [0.3, 0.4) is 0 Å². The van der Waals surface area contributed by atoms with Gasteiger partial charge in [-0.2, -0.15) is 4.68 Å². The number of tetrazole rings is 1. The van der Waals surface area contributed by atoms with Crippen molar-refractivity contribution >= 4 is 29.0 Å². The van der Waals surface area contributed by atoms with Crippen molar-refractivity contribution in [1.82, 2.24) is 25.2 Å². The smallest absolute Gasteiger partial charge is 0.221 e. The lowest BCUT2D eigenvalue weighted by Gasteiger charge is -2.11. The summed E-state index contributed by atoms with van der Waals surface area (Å²) in [5, 5.41) is 13.7. The van der Waals surface area contributed by atoms with E-state index in [-0.39, 0.29) is 28.3 Å². The van der Waals surface area contributed by atoms with E-state index < -0.39 is 11.6 Å². The molecule has 0 saturated heterocycles. The average molecular weight is 442 g/mol. The molecule has 0 aliphatic heterocycles. The Balaban J connectivity index is 1.78. The second-order valence-corrected chi connectivity index (χ2v) is 6.93. The number of benzene rings is 2. The van der Waals surface area contributed by atoms with Gasteiger partial charge in [0.1, 0.15) is 22.5 Å². The molecule has 0 saturated carbocycles. The number of aromatic nitrogens is 5. The van der Waals surface area contributed by atoms with E-state index in [1.807, 2.05) is 0 Å². The Morgan fingerprint density at radius 1 is 1.13 bits per heavy atom. The van der Waals surface area contributed by atoms with Crippen LogP contribution in [0.1, 0.15) is 6.92 Å². The van der Waals surface area contributed by atoms with E-state index in [9.17, 15) is 13.6 Å². The van der Waals surface area contributed by atoms with Crippen molar-refractivity contribution in [2.45, 2.75) is 6.92 Å². The summed E-state index contributed by atoms with van der Waals surface area (Å²) in [4.78, 5) is 15.4. The first kappa shape index (κ1) is 20.4. The monoisotopic (exact) mass is 441 g/mol. The van der Waals surface area contributed by atoms with Crippen LogP contribution in [-0.2, 0) is 4.79 Å². The summed E-state index contributed by atoms with van der Waals surface area (Å²) in [6.07, 6.45) is 1.56. The molecule has 0 spiro atoms. The van der Waals surface area contributed by atoms with Crippen LogP contribution in [0.5, 0.6) is 0 Å². The van der Waals surface area contributed by atoms with E-state index in [2.05, 4.69) is 25.8 Å². The van der Waals surface area contributed by atoms with Gasteiger partial charge in [-0.3, -0.25) is 4.79 Å². The van der Waals surface area contributed by atoms with Crippen molar-refractivity contribution < 1.29 is 13.6 Å². The molecule has 3 N–H and O–H groups in total. The maximum absolute atomic E-state index is 13.9. The molecule has 2 heterocycles. The van der Waals surface area contributed by atoms with E-state index in [0.29, 0.717) is 22.9 Å². The number of hydrogen-bond donors (Lipinski definition) is 2. The number of nitrogen functional groups attached to an aromatic ring is 1. The molecular weight excluding hydrogens is 428 g/mol. The fraction of sp³-hybridized carbons (Fsp3) is 0.0500. The maximum atomic E-state index is 13.9. The van der Waals surface area contributed by atoms with Gasteiger partial charge in [0.05, 0.1) is 11.3 Å². The molecule has 0 unspecified atom stereocenters.